The molecule has 10 aromatic rings. The van der Waals surface area contributed by atoms with E-state index < -0.39 is 140 Å². The van der Waals surface area contributed by atoms with Crippen molar-refractivity contribution in [2.45, 2.75) is 60.6 Å². The number of halogens is 2. The van der Waals surface area contributed by atoms with Crippen molar-refractivity contribution < 1.29 is 149 Å². The minimum atomic E-state index is -1.40. The average Bonchev–Trinajstić information content (AvgIpc) is 1.59. The Morgan fingerprint density at radius 2 is 0.800 bits per heavy atom. The van der Waals surface area contributed by atoms with Crippen molar-refractivity contribution >= 4 is 133 Å². The molecular weight excluding hydrogens is 1860 g/mol. The molecule has 140 heavy (non-hydrogen) atoms. The molecule has 2 fully saturated rings. The molecule has 1 amide bonds. The van der Waals surface area contributed by atoms with Gasteiger partial charge in [-0.2, -0.15) is 0 Å². The molecule has 5 aliphatic rings. The molecule has 0 bridgehead atoms. The third-order valence-electron chi connectivity index (χ3n) is 22.5. The van der Waals surface area contributed by atoms with E-state index in [9.17, 15) is 122 Å². The van der Waals surface area contributed by atoms with Gasteiger partial charge in [0.25, 0.3) is 17.1 Å². The molecule has 15 rings (SSSR count). The Hall–Kier alpha value is -17.9. The number of nitrogens with one attached hydrogen (secondary N) is 1. The van der Waals surface area contributed by atoms with Crippen LogP contribution in [0.1, 0.15) is 159 Å². The molecule has 5 aromatic carbocycles. The molecule has 4 N–H and O–H groups in total. The van der Waals surface area contributed by atoms with Gasteiger partial charge in [-0.1, -0.05) is 0 Å². The number of benzene rings is 5. The lowest BCUT2D eigenvalue weighted by Crippen LogP contribution is -2.49. The Morgan fingerprint density at radius 3 is 1.15 bits per heavy atom. The summed E-state index contributed by atoms with van der Waals surface area (Å²) in [6.45, 7) is 9.61. The quantitative estimate of drug-likeness (QED) is 0.0171. The van der Waals surface area contributed by atoms with E-state index in [1.165, 1.54) is 159 Å². The number of amides is 1. The predicted octanol–water partition coefficient (Wildman–Crippen LogP) is 10.1. The number of allylic oxidation sites excluding steroid dienone is 6. The molecule has 730 valence electrons. The second kappa shape index (κ2) is 43.7. The van der Waals surface area contributed by atoms with Gasteiger partial charge in [0.1, 0.15) is 70.3 Å². The first-order valence-corrected chi connectivity index (χ1v) is 41.7. The number of anilines is 2. The number of nitro groups is 3. The highest BCUT2D eigenvalue weighted by Gasteiger charge is 2.42. The van der Waals surface area contributed by atoms with E-state index in [0.717, 1.165) is 57.7 Å². The first kappa shape index (κ1) is 103. The van der Waals surface area contributed by atoms with Gasteiger partial charge >= 0.3 is 48.3 Å². The van der Waals surface area contributed by atoms with Crippen molar-refractivity contribution in [3.63, 3.8) is 0 Å². The summed E-state index contributed by atoms with van der Waals surface area (Å²) in [4.78, 5) is 231. The number of ketones is 6. The van der Waals surface area contributed by atoms with Crippen LogP contribution in [-0.4, -0.2) is 222 Å². The van der Waals surface area contributed by atoms with Gasteiger partial charge in [-0.3, -0.25) is 68.7 Å². The highest BCUT2D eigenvalue weighted by molar-refractivity contribution is 6.29. The number of Topliss-reactive ketones (excluding diaryl/α,β-unsaturated/α-hetero) is 3. The van der Waals surface area contributed by atoms with Crippen molar-refractivity contribution in [1.29, 1.82) is 0 Å². The number of carbonyl (C=O) groups is 14. The second-order valence-electron chi connectivity index (χ2n) is 30.6. The molecule has 3 aliphatic carbocycles. The summed E-state index contributed by atoms with van der Waals surface area (Å²) in [6, 6.07) is 19.7. The fourth-order valence-electron chi connectivity index (χ4n) is 15.5. The Bertz CT molecular complexity index is 7020. The summed E-state index contributed by atoms with van der Waals surface area (Å²) < 4.78 is 81.3. The SMILES string of the molecule is CCn1cc(C(=O)O)c(=O)c2cc(F)c(N3CCN(C(=O)OCc4c(C(=O)OC)c5c(n4C)C(=O)C=C(OC)C5=O)CC3)cc21.CCn1cc(C(=O)O)c(=O)c2cc(F)c(N3CCNCC3)cc21.COC(=O)c1c2c(n(C)c1CO)C(=O)C=C(C)C2=O.COC(=O)c1c2c(n(C)c1COC(=O)Oc1ccc([N+](=O)[O-])cc1)C(=O)C=C(C)C2=O.O=C(Oc1ccc([N+](=O)[O-])cc1)Oc1ccc([N+](=O)[O-])cc1. The number of aryl methyl sites for hydroxylation is 2. The number of hydrogen-bond acceptors (Lipinski definition) is 35. The lowest BCUT2D eigenvalue weighted by atomic mass is 9.92. The Balaban J connectivity index is 0.000000174. The number of methoxy groups -OCH3 is 4. The Kier molecular flexibility index (Phi) is 32.0. The van der Waals surface area contributed by atoms with Gasteiger partial charge in [0.05, 0.1) is 123 Å². The van der Waals surface area contributed by atoms with Crippen LogP contribution < -0.4 is 40.2 Å². The van der Waals surface area contributed by atoms with Crippen LogP contribution in [0.25, 0.3) is 21.8 Å². The Morgan fingerprint density at radius 1 is 0.457 bits per heavy atom. The van der Waals surface area contributed by atoms with Crippen molar-refractivity contribution in [2.75, 3.05) is 90.6 Å². The van der Waals surface area contributed by atoms with Gasteiger partial charge in [-0.15, -0.1) is 0 Å². The van der Waals surface area contributed by atoms with E-state index >= 15 is 4.39 Å². The predicted molar refractivity (Wildman–Crippen MR) is 482 cm³/mol. The van der Waals surface area contributed by atoms with Gasteiger partial charge in [0.15, 0.2) is 17.3 Å². The highest BCUT2D eigenvalue weighted by Crippen LogP contribution is 2.37. The maximum atomic E-state index is 15.2. The zero-order chi connectivity index (χ0) is 103. The van der Waals surface area contributed by atoms with Crippen LogP contribution in [-0.2, 0) is 82.5 Å². The molecule has 2 saturated heterocycles. The molecule has 2 aliphatic heterocycles. The maximum absolute atomic E-state index is 15.2. The van der Waals surface area contributed by atoms with Crippen LogP contribution in [0.3, 0.4) is 0 Å². The molecule has 0 unspecified atom stereocenters. The first-order chi connectivity index (χ1) is 66.5. The summed E-state index contributed by atoms with van der Waals surface area (Å²) in [7, 11) is 9.07. The van der Waals surface area contributed by atoms with Gasteiger partial charge < -0.3 is 101 Å². The molecule has 7 heterocycles. The molecule has 48 heteroatoms. The number of esters is 3. The number of aliphatic hydroxyl groups excluding tert-OH is 1. The van der Waals surface area contributed by atoms with Gasteiger partial charge in [0, 0.05) is 163 Å². The van der Waals surface area contributed by atoms with Crippen LogP contribution in [0.15, 0.2) is 154 Å². The number of aliphatic hydroxyl groups is 1. The number of carboxylic acid groups (broad SMARTS) is 2. The molecule has 0 spiro atoms. The number of non-ortho nitro benzene ring substituents is 3. The molecule has 46 nitrogen and oxygen atoms in total. The number of carbonyl (C=O) groups excluding carboxylic acids is 12. The number of aromatic carboxylic acids is 2. The smallest absolute Gasteiger partial charge is 0.492 e. The summed E-state index contributed by atoms with van der Waals surface area (Å²) in [5, 5.41) is 62.8. The second-order valence-corrected chi connectivity index (χ2v) is 30.6. The van der Waals surface area contributed by atoms with Crippen LogP contribution >= 0.6 is 0 Å². The summed E-state index contributed by atoms with van der Waals surface area (Å²) in [5.74, 6) is -9.50. The number of fused-ring (bicyclic) bond motifs is 5. The zero-order valence-corrected chi connectivity index (χ0v) is 76.0. The van der Waals surface area contributed by atoms with Crippen LogP contribution in [0.4, 0.5) is 51.6 Å². The zero-order valence-electron chi connectivity index (χ0n) is 76.0. The Labute approximate surface area is 786 Å². The molecular formula is C92H84F2N12O34. The normalized spacial score (nSPS) is 13.5. The van der Waals surface area contributed by atoms with Crippen LogP contribution in [0, 0.1) is 42.0 Å². The lowest BCUT2D eigenvalue weighted by Gasteiger charge is -2.35. The number of aromatic nitrogens is 5. The monoisotopic (exact) mass is 1940 g/mol. The molecule has 5 aromatic heterocycles. The largest absolute Gasteiger partial charge is 0.519 e. The highest BCUT2D eigenvalue weighted by atomic mass is 19.1. The van der Waals surface area contributed by atoms with Crippen LogP contribution in [0.5, 0.6) is 17.2 Å². The first-order valence-electron chi connectivity index (χ1n) is 41.7. The fraction of sp³-hybridized carbons (Fsp3) is 0.261. The van der Waals surface area contributed by atoms with E-state index in [-0.39, 0.29) is 173 Å². The number of rotatable bonds is 21. The average molecular weight is 1940 g/mol. The number of piperazine rings is 2. The minimum Gasteiger partial charge on any atom is -0.492 e. The summed E-state index contributed by atoms with van der Waals surface area (Å²) in [6.07, 6.45) is 3.01. The number of pyridine rings is 2. The number of nitro benzene ring substituents is 3. The number of hydrogen-bond donors (Lipinski definition) is 4. The third kappa shape index (κ3) is 21.4. The van der Waals surface area contributed by atoms with Gasteiger partial charge in [0.2, 0.25) is 34.0 Å². The van der Waals surface area contributed by atoms with E-state index in [0.29, 0.717) is 42.9 Å². The van der Waals surface area contributed by atoms with Crippen molar-refractivity contribution in [3.05, 3.63) is 286 Å². The van der Waals surface area contributed by atoms with Crippen LogP contribution in [0.2, 0.25) is 0 Å². The van der Waals surface area contributed by atoms with Crippen molar-refractivity contribution in [2.24, 2.45) is 21.1 Å². The summed E-state index contributed by atoms with van der Waals surface area (Å²) in [5.41, 5.74) is -1.01. The van der Waals surface area contributed by atoms with E-state index in [2.05, 4.69) is 10.1 Å². The molecule has 0 radical (unpaired) electrons. The summed E-state index contributed by atoms with van der Waals surface area (Å²) >= 11 is 0. The topological polar surface area (TPSA) is 593 Å². The van der Waals surface area contributed by atoms with E-state index in [1.807, 2.05) is 11.8 Å². The van der Waals surface area contributed by atoms with E-state index in [4.69, 9.17) is 43.0 Å². The van der Waals surface area contributed by atoms with E-state index in [1.54, 1.807) is 27.0 Å². The number of ether oxygens (including phenoxy) is 9. The van der Waals surface area contributed by atoms with Gasteiger partial charge in [-0.05, 0) is 101 Å². The molecule has 0 saturated carbocycles. The fourth-order valence-corrected chi connectivity index (χ4v) is 15.5. The van der Waals surface area contributed by atoms with Crippen molar-refractivity contribution in [3.8, 4) is 17.2 Å². The standard InChI is InChI=1S/C30H29FN4O10.C20H16N2O9.C16H18FN3O3.C13H8N2O7.C13H13NO5/c1-5-33-13-16(28(39)40)26(37)15-10-17(31)19(11-18(15)33)34-6-8-35(9-7-34)30(42)45-14-20-23(29(41)44-4)24-25(32(20)2)21(36)12-22(43-3)27(24)38;1-10-8-14(23)17-16(18(10)24)15(19(25)29-3)13(21(17)2)9-30-20(26)31-12-6-4-11(5-7-12)22(27)28;1-2-19-9-11(16(22)23)15(21)10-7-12(17)14(8-13(10)19)20-5-3-18-4-6-20;16-13(21-11-5-1-9(2-6-11)14(17)18)22-12-7-3-10(4-8-12)15(19)20;1-6-4-8(16)11-10(12(6)17)9(13(18)19-3)7(5-15)14(11)2/h10-13H,5-9,14H2,1-4H3,(H,39,40);4-8H,9H2,1-3H3;7-9,18H,2-6H2,1H3,(H,22,23);1-8H;4,15H,5H2,1-3H3. The maximum Gasteiger partial charge on any atom is 0.519 e. The molecule has 0 atom stereocenters. The van der Waals surface area contributed by atoms with Gasteiger partial charge in [-0.25, -0.2) is 47.1 Å². The lowest BCUT2D eigenvalue weighted by molar-refractivity contribution is -0.385. The minimum absolute atomic E-state index is 0.000136. The number of carboxylic acids is 2. The van der Waals surface area contributed by atoms with Crippen molar-refractivity contribution in [1.82, 2.24) is 33.1 Å². The third-order valence-corrected chi connectivity index (χ3v) is 22.5. The number of nitrogens with zero attached hydrogens (tertiary/aromatic N) is 11.